The number of aliphatic imine (C=N–C) groups is 1. The minimum Gasteiger partial charge on any atom is -0.368 e. The molecule has 0 bridgehead atoms. The molecule has 13 heteroatoms. The van der Waals surface area contributed by atoms with Gasteiger partial charge in [0, 0.05) is 17.3 Å². The largest absolute Gasteiger partial charge is 0.391 e. The smallest absolute Gasteiger partial charge is 0.368 e. The predicted molar refractivity (Wildman–Crippen MR) is 102 cm³/mol. The van der Waals surface area contributed by atoms with Gasteiger partial charge in [-0.2, -0.15) is 13.2 Å². The Morgan fingerprint density at radius 2 is 1.97 bits per heavy atom. The van der Waals surface area contributed by atoms with Gasteiger partial charge in [0.05, 0.1) is 11.9 Å². The molecule has 1 aliphatic heterocycles. The third-order valence-corrected chi connectivity index (χ3v) is 3.96. The summed E-state index contributed by atoms with van der Waals surface area (Å²) in [5, 5.41) is 6.31. The van der Waals surface area contributed by atoms with E-state index in [-0.39, 0.29) is 17.5 Å². The second-order valence-corrected chi connectivity index (χ2v) is 6.24. The van der Waals surface area contributed by atoms with Gasteiger partial charge in [0.2, 0.25) is 11.9 Å². The van der Waals surface area contributed by atoms with Crippen molar-refractivity contribution in [3.63, 3.8) is 0 Å². The Morgan fingerprint density at radius 3 is 2.63 bits per heavy atom. The van der Waals surface area contributed by atoms with E-state index >= 15 is 0 Å². The highest BCUT2D eigenvalue weighted by Crippen LogP contribution is 2.23. The van der Waals surface area contributed by atoms with Crippen molar-refractivity contribution in [2.75, 3.05) is 5.32 Å². The number of carbonyl (C=O) groups is 2. The number of rotatable bonds is 6. The molecule has 1 atom stereocenters. The van der Waals surface area contributed by atoms with Crippen molar-refractivity contribution in [2.45, 2.75) is 18.6 Å². The fourth-order valence-corrected chi connectivity index (χ4v) is 2.62. The van der Waals surface area contributed by atoms with Crippen molar-refractivity contribution in [1.82, 2.24) is 21.2 Å². The summed E-state index contributed by atoms with van der Waals surface area (Å²) in [6.07, 6.45) is -4.55. The van der Waals surface area contributed by atoms with Crippen LogP contribution in [0.2, 0.25) is 0 Å². The predicted octanol–water partition coefficient (Wildman–Crippen LogP) is 0.161. The number of guanidine groups is 1. The molecule has 2 heterocycles. The lowest BCUT2D eigenvalue weighted by Crippen LogP contribution is -2.55. The summed E-state index contributed by atoms with van der Waals surface area (Å²) >= 11 is 0. The summed E-state index contributed by atoms with van der Waals surface area (Å²) in [7, 11) is 0. The van der Waals surface area contributed by atoms with Crippen molar-refractivity contribution in [1.29, 1.82) is 0 Å². The van der Waals surface area contributed by atoms with E-state index < -0.39 is 30.5 Å². The highest BCUT2D eigenvalue weighted by atomic mass is 19.4. The van der Waals surface area contributed by atoms with Crippen LogP contribution in [0, 0.1) is 0 Å². The average molecular weight is 422 g/mol. The first kappa shape index (κ1) is 20.7. The first-order chi connectivity index (χ1) is 14.1. The molecule has 1 aromatic carbocycles. The Kier molecular flexibility index (Phi) is 5.62. The number of pyridine rings is 1. The number of primary amides is 2. The van der Waals surface area contributed by atoms with Crippen LogP contribution in [0.15, 0.2) is 53.0 Å². The third kappa shape index (κ3) is 5.06. The molecular formula is C17H17F3N8O2. The summed E-state index contributed by atoms with van der Waals surface area (Å²) in [6.45, 7) is 0. The Bertz CT molecular complexity index is 1050. The summed E-state index contributed by atoms with van der Waals surface area (Å²) in [6, 6.07) is 6.86. The van der Waals surface area contributed by atoms with Crippen LogP contribution in [0.1, 0.15) is 6.42 Å². The number of amides is 2. The van der Waals surface area contributed by atoms with Crippen molar-refractivity contribution in [3.8, 4) is 0 Å². The summed E-state index contributed by atoms with van der Waals surface area (Å²) in [5.74, 6) is -2.37. The standard InChI is InChI=1S/C17H17F3N8O2/c18-17(19,20)7-11(13(21)29)25-16-26-15(12(14(22)30)27-28-16)24-9-3-4-10-8(6-9)2-1-5-23-10/h1-6,11,24,27H,7H2,(H2,21,29)(H2,22,30)(H2,25,26,28)/t11-/m1/s1. The van der Waals surface area contributed by atoms with Crippen LogP contribution in [0.25, 0.3) is 10.9 Å². The number of nitrogens with one attached hydrogen (secondary N) is 4. The molecule has 158 valence electrons. The summed E-state index contributed by atoms with van der Waals surface area (Å²) in [5.41, 5.74) is 16.3. The van der Waals surface area contributed by atoms with Crippen molar-refractivity contribution in [2.24, 2.45) is 16.5 Å². The topological polar surface area (TPSA) is 160 Å². The van der Waals surface area contributed by atoms with Gasteiger partial charge in [-0.15, -0.1) is 0 Å². The van der Waals surface area contributed by atoms with Gasteiger partial charge >= 0.3 is 6.18 Å². The number of hydrogen-bond acceptors (Lipinski definition) is 6. The number of aromatic nitrogens is 1. The molecule has 1 aromatic heterocycles. The van der Waals surface area contributed by atoms with E-state index in [9.17, 15) is 22.8 Å². The molecule has 0 unspecified atom stereocenters. The average Bonchev–Trinajstić information content (AvgIpc) is 2.66. The number of alkyl halides is 3. The molecule has 0 radical (unpaired) electrons. The number of nitrogens with zero attached hydrogens (tertiary/aromatic N) is 2. The number of nitrogens with two attached hydrogens (primary N) is 2. The maximum atomic E-state index is 12.7. The maximum Gasteiger partial charge on any atom is 0.391 e. The number of halogens is 3. The molecule has 2 amide bonds. The Morgan fingerprint density at radius 1 is 1.20 bits per heavy atom. The SMILES string of the molecule is NC(=O)C1=C(Nc2ccc3ncccc3c2)NC(=N[C@H](CC(F)(F)F)C(N)=O)NN1. The van der Waals surface area contributed by atoms with Crippen LogP contribution in [0.5, 0.6) is 0 Å². The number of anilines is 1. The van der Waals surface area contributed by atoms with Gasteiger partial charge < -0.3 is 22.1 Å². The van der Waals surface area contributed by atoms with Crippen molar-refractivity contribution >= 4 is 34.4 Å². The zero-order valence-electron chi connectivity index (χ0n) is 15.2. The van der Waals surface area contributed by atoms with E-state index in [1.807, 2.05) is 6.07 Å². The fourth-order valence-electron chi connectivity index (χ4n) is 2.62. The van der Waals surface area contributed by atoms with E-state index in [4.69, 9.17) is 11.5 Å². The molecule has 10 nitrogen and oxygen atoms in total. The number of carbonyl (C=O) groups excluding carboxylic acids is 2. The van der Waals surface area contributed by atoms with E-state index in [0.717, 1.165) is 10.9 Å². The second kappa shape index (κ2) is 8.14. The van der Waals surface area contributed by atoms with Crippen LogP contribution in [0.4, 0.5) is 18.9 Å². The molecule has 1 aliphatic rings. The van der Waals surface area contributed by atoms with E-state index in [2.05, 4.69) is 31.5 Å². The minimum atomic E-state index is -4.65. The molecule has 30 heavy (non-hydrogen) atoms. The highest BCUT2D eigenvalue weighted by Gasteiger charge is 2.35. The summed E-state index contributed by atoms with van der Waals surface area (Å²) in [4.78, 5) is 30.9. The van der Waals surface area contributed by atoms with E-state index in [1.54, 1.807) is 30.5 Å². The van der Waals surface area contributed by atoms with Gasteiger partial charge in [0.25, 0.3) is 5.91 Å². The van der Waals surface area contributed by atoms with Crippen LogP contribution in [-0.4, -0.2) is 35.0 Å². The normalized spacial score (nSPS) is 16.4. The lowest BCUT2D eigenvalue weighted by atomic mass is 10.2. The Balaban J connectivity index is 1.88. The molecule has 0 spiro atoms. The van der Waals surface area contributed by atoms with Crippen molar-refractivity contribution < 1.29 is 22.8 Å². The van der Waals surface area contributed by atoms with Gasteiger partial charge in [-0.05, 0) is 24.3 Å². The summed E-state index contributed by atoms with van der Waals surface area (Å²) < 4.78 is 38.0. The number of hydrogen-bond donors (Lipinski definition) is 6. The third-order valence-electron chi connectivity index (χ3n) is 3.96. The number of hydrazine groups is 1. The lowest BCUT2D eigenvalue weighted by Gasteiger charge is -2.26. The van der Waals surface area contributed by atoms with Gasteiger partial charge in [-0.1, -0.05) is 6.07 Å². The Hall–Kier alpha value is -4.03. The van der Waals surface area contributed by atoms with Crippen LogP contribution >= 0.6 is 0 Å². The van der Waals surface area contributed by atoms with Gasteiger partial charge in [-0.25, -0.2) is 4.99 Å². The molecule has 8 N–H and O–H groups in total. The Labute approximate surface area is 167 Å². The van der Waals surface area contributed by atoms with Crippen LogP contribution < -0.4 is 33.0 Å². The zero-order valence-corrected chi connectivity index (χ0v) is 15.2. The molecular weight excluding hydrogens is 405 g/mol. The molecule has 0 saturated carbocycles. The molecule has 0 aliphatic carbocycles. The number of fused-ring (bicyclic) bond motifs is 1. The minimum absolute atomic E-state index is 0.0125. The van der Waals surface area contributed by atoms with Gasteiger partial charge in [0.1, 0.15) is 11.9 Å². The lowest BCUT2D eigenvalue weighted by molar-refractivity contribution is -0.145. The zero-order chi connectivity index (χ0) is 21.9. The first-order valence-electron chi connectivity index (χ1n) is 8.51. The molecule has 3 rings (SSSR count). The number of benzene rings is 1. The van der Waals surface area contributed by atoms with Gasteiger partial charge in [0.15, 0.2) is 5.70 Å². The fraction of sp³-hybridized carbons (Fsp3) is 0.176. The second-order valence-electron chi connectivity index (χ2n) is 6.24. The van der Waals surface area contributed by atoms with Gasteiger partial charge in [-0.3, -0.25) is 25.4 Å². The first-order valence-corrected chi connectivity index (χ1v) is 8.51. The molecule has 0 saturated heterocycles. The highest BCUT2D eigenvalue weighted by molar-refractivity contribution is 5.97. The van der Waals surface area contributed by atoms with Crippen LogP contribution in [-0.2, 0) is 9.59 Å². The van der Waals surface area contributed by atoms with E-state index in [0.29, 0.717) is 5.69 Å². The van der Waals surface area contributed by atoms with Crippen molar-refractivity contribution in [3.05, 3.63) is 48.0 Å². The monoisotopic (exact) mass is 422 g/mol. The molecule has 2 aromatic rings. The van der Waals surface area contributed by atoms with Crippen LogP contribution in [0.3, 0.4) is 0 Å². The maximum absolute atomic E-state index is 12.7. The quantitative estimate of drug-likeness (QED) is 0.387. The van der Waals surface area contributed by atoms with E-state index in [1.165, 1.54) is 0 Å². The molecule has 0 fully saturated rings.